The molecule has 2 aromatic rings. The van der Waals surface area contributed by atoms with Crippen molar-refractivity contribution in [2.45, 2.75) is 12.5 Å². The van der Waals surface area contributed by atoms with Crippen LogP contribution >= 0.6 is 45.2 Å². The van der Waals surface area contributed by atoms with Crippen molar-refractivity contribution in [3.8, 4) is 23.0 Å². The zero-order valence-electron chi connectivity index (χ0n) is 11.7. The van der Waals surface area contributed by atoms with Crippen molar-refractivity contribution < 1.29 is 24.9 Å². The third kappa shape index (κ3) is 4.61. The second-order valence-corrected chi connectivity index (χ2v) is 7.12. The highest BCUT2D eigenvalue weighted by atomic mass is 127. The van der Waals surface area contributed by atoms with Crippen molar-refractivity contribution in [3.63, 3.8) is 0 Å². The first-order chi connectivity index (χ1) is 10.8. The minimum absolute atomic E-state index is 0.0581. The molecule has 5 N–H and O–H groups in total. The van der Waals surface area contributed by atoms with Gasteiger partial charge in [-0.2, -0.15) is 0 Å². The van der Waals surface area contributed by atoms with Gasteiger partial charge in [-0.25, -0.2) is 0 Å². The molecule has 1 atom stereocenters. The summed E-state index contributed by atoms with van der Waals surface area (Å²) in [5.41, 5.74) is 6.34. The van der Waals surface area contributed by atoms with Gasteiger partial charge in [-0.05, 0) is 81.4 Å². The number of carboxylic acid groups (broad SMARTS) is 1. The van der Waals surface area contributed by atoms with Gasteiger partial charge in [0, 0.05) is 6.07 Å². The number of nitrogens with two attached hydrogens (primary N) is 1. The molecular formula is C15H13I2NO5. The molecule has 0 spiro atoms. The Bertz CT molecular complexity index is 728. The third-order valence-electron chi connectivity index (χ3n) is 2.99. The first-order valence-electron chi connectivity index (χ1n) is 6.44. The fourth-order valence-corrected chi connectivity index (χ4v) is 3.99. The Kier molecular flexibility index (Phi) is 5.92. The van der Waals surface area contributed by atoms with Crippen molar-refractivity contribution in [2.24, 2.45) is 5.73 Å². The van der Waals surface area contributed by atoms with E-state index < -0.39 is 12.0 Å². The molecule has 0 aliphatic heterocycles. The van der Waals surface area contributed by atoms with Crippen molar-refractivity contribution >= 4 is 51.2 Å². The van der Waals surface area contributed by atoms with Crippen molar-refractivity contribution in [3.05, 3.63) is 43.0 Å². The summed E-state index contributed by atoms with van der Waals surface area (Å²) in [6.45, 7) is 0. The average Bonchev–Trinajstić information content (AvgIpc) is 2.44. The first-order valence-corrected chi connectivity index (χ1v) is 8.60. The Hall–Kier alpha value is -1.27. The molecule has 2 aromatic carbocycles. The van der Waals surface area contributed by atoms with Gasteiger partial charge in [0.25, 0.3) is 0 Å². The number of hydrogen-bond acceptors (Lipinski definition) is 5. The molecule has 0 aliphatic rings. The Morgan fingerprint density at radius 3 is 2.30 bits per heavy atom. The predicted molar refractivity (Wildman–Crippen MR) is 101 cm³/mol. The smallest absolute Gasteiger partial charge is 0.320 e. The first kappa shape index (κ1) is 18.1. The van der Waals surface area contributed by atoms with E-state index in [1.807, 2.05) is 0 Å². The molecule has 0 fully saturated rings. The van der Waals surface area contributed by atoms with Crippen LogP contribution < -0.4 is 10.5 Å². The second kappa shape index (κ2) is 7.53. The summed E-state index contributed by atoms with van der Waals surface area (Å²) in [6, 6.07) is 6.68. The third-order valence-corrected chi connectivity index (χ3v) is 4.59. The van der Waals surface area contributed by atoms with Gasteiger partial charge in [-0.1, -0.05) is 0 Å². The molecule has 0 aromatic heterocycles. The van der Waals surface area contributed by atoms with Crippen molar-refractivity contribution in [1.29, 1.82) is 0 Å². The lowest BCUT2D eigenvalue weighted by molar-refractivity contribution is -0.138. The van der Waals surface area contributed by atoms with Gasteiger partial charge in [-0.3, -0.25) is 4.79 Å². The molecule has 0 aliphatic carbocycles. The number of ether oxygens (including phenoxy) is 1. The Morgan fingerprint density at radius 2 is 1.78 bits per heavy atom. The number of aromatic hydroxyl groups is 2. The van der Waals surface area contributed by atoms with Crippen LogP contribution in [0.5, 0.6) is 23.0 Å². The lowest BCUT2D eigenvalue weighted by atomic mass is 10.1. The van der Waals surface area contributed by atoms with Crippen LogP contribution in [0, 0.1) is 7.14 Å². The van der Waals surface area contributed by atoms with Crippen LogP contribution in [0.3, 0.4) is 0 Å². The number of carboxylic acids is 1. The summed E-state index contributed by atoms with van der Waals surface area (Å²) in [5, 5.41) is 28.0. The fourth-order valence-electron chi connectivity index (χ4n) is 1.87. The molecule has 0 bridgehead atoms. The minimum atomic E-state index is -1.05. The van der Waals surface area contributed by atoms with Crippen LogP contribution in [0.2, 0.25) is 0 Å². The SMILES string of the molecule is N[C@@H](Cc1cc(I)c(Oc2ccc(O)cc2O)c(I)c1)C(=O)O. The maximum Gasteiger partial charge on any atom is 0.320 e. The van der Waals surface area contributed by atoms with Crippen LogP contribution in [0.1, 0.15) is 5.56 Å². The number of phenols is 2. The number of halogens is 2. The number of aliphatic carboxylic acids is 1. The molecule has 8 heteroatoms. The van der Waals surface area contributed by atoms with E-state index in [0.29, 0.717) is 5.75 Å². The van der Waals surface area contributed by atoms with Gasteiger partial charge in [0.2, 0.25) is 0 Å². The number of phenolic OH excluding ortho intramolecular Hbond substituents is 2. The summed E-state index contributed by atoms with van der Waals surface area (Å²) < 4.78 is 7.23. The Balaban J connectivity index is 2.28. The molecule has 23 heavy (non-hydrogen) atoms. The standard InChI is InChI=1S/C15H13I2NO5/c16-9-3-7(5-11(18)15(21)22)4-10(17)14(9)23-13-2-1-8(19)6-12(13)20/h1-4,6,11,19-20H,5,18H2,(H,21,22)/t11-/m0/s1. The summed E-state index contributed by atoms with van der Waals surface area (Å²) in [5.74, 6) is -0.524. The second-order valence-electron chi connectivity index (χ2n) is 4.79. The summed E-state index contributed by atoms with van der Waals surface area (Å²) in [4.78, 5) is 10.8. The highest BCUT2D eigenvalue weighted by Gasteiger charge is 2.16. The van der Waals surface area contributed by atoms with E-state index in [2.05, 4.69) is 45.2 Å². The van der Waals surface area contributed by atoms with Crippen LogP contribution in [0.25, 0.3) is 0 Å². The fraction of sp³-hybridized carbons (Fsp3) is 0.133. The molecule has 6 nitrogen and oxygen atoms in total. The molecule has 0 amide bonds. The van der Waals surface area contributed by atoms with E-state index in [4.69, 9.17) is 15.6 Å². The number of hydrogen-bond donors (Lipinski definition) is 4. The van der Waals surface area contributed by atoms with Gasteiger partial charge >= 0.3 is 5.97 Å². The summed E-state index contributed by atoms with van der Waals surface area (Å²) in [6.07, 6.45) is 0.214. The molecule has 0 unspecified atom stereocenters. The molecule has 0 heterocycles. The average molecular weight is 541 g/mol. The van der Waals surface area contributed by atoms with E-state index in [9.17, 15) is 15.0 Å². The van der Waals surface area contributed by atoms with E-state index in [1.165, 1.54) is 18.2 Å². The van der Waals surface area contributed by atoms with E-state index >= 15 is 0 Å². The van der Waals surface area contributed by atoms with E-state index in [-0.39, 0.29) is 23.7 Å². The molecule has 0 saturated heterocycles. The lowest BCUT2D eigenvalue weighted by Crippen LogP contribution is -2.32. The number of carbonyl (C=O) groups is 1. The Morgan fingerprint density at radius 1 is 1.17 bits per heavy atom. The highest BCUT2D eigenvalue weighted by Crippen LogP contribution is 2.38. The van der Waals surface area contributed by atoms with Gasteiger partial charge in [0.05, 0.1) is 7.14 Å². The Labute approximate surface area is 159 Å². The zero-order chi connectivity index (χ0) is 17.1. The van der Waals surface area contributed by atoms with Gasteiger partial charge in [-0.15, -0.1) is 0 Å². The lowest BCUT2D eigenvalue weighted by Gasteiger charge is -2.14. The van der Waals surface area contributed by atoms with E-state index in [1.54, 1.807) is 12.1 Å². The summed E-state index contributed by atoms with van der Waals surface area (Å²) in [7, 11) is 0. The highest BCUT2D eigenvalue weighted by molar-refractivity contribution is 14.1. The van der Waals surface area contributed by atoms with Gasteiger partial charge in [0.1, 0.15) is 11.8 Å². The zero-order valence-corrected chi connectivity index (χ0v) is 16.0. The largest absolute Gasteiger partial charge is 0.508 e. The van der Waals surface area contributed by atoms with Crippen molar-refractivity contribution in [1.82, 2.24) is 0 Å². The topological polar surface area (TPSA) is 113 Å². The normalized spacial score (nSPS) is 12.0. The maximum absolute atomic E-state index is 10.8. The molecule has 2 rings (SSSR count). The van der Waals surface area contributed by atoms with Crippen LogP contribution in [-0.2, 0) is 11.2 Å². The van der Waals surface area contributed by atoms with Gasteiger partial charge in [0.15, 0.2) is 17.2 Å². The van der Waals surface area contributed by atoms with Crippen LogP contribution in [-0.4, -0.2) is 27.3 Å². The maximum atomic E-state index is 10.8. The van der Waals surface area contributed by atoms with Crippen LogP contribution in [0.4, 0.5) is 0 Å². The monoisotopic (exact) mass is 541 g/mol. The molecule has 0 radical (unpaired) electrons. The molecular weight excluding hydrogens is 528 g/mol. The minimum Gasteiger partial charge on any atom is -0.508 e. The van der Waals surface area contributed by atoms with Gasteiger partial charge < -0.3 is 25.8 Å². The molecule has 0 saturated carbocycles. The summed E-state index contributed by atoms with van der Waals surface area (Å²) >= 11 is 4.14. The number of rotatable bonds is 5. The van der Waals surface area contributed by atoms with Crippen molar-refractivity contribution in [2.75, 3.05) is 0 Å². The predicted octanol–water partition coefficient (Wildman–Crippen LogP) is 3.05. The number of benzene rings is 2. The quantitative estimate of drug-likeness (QED) is 0.434. The van der Waals surface area contributed by atoms with Crippen LogP contribution in [0.15, 0.2) is 30.3 Å². The molecule has 122 valence electrons. The van der Waals surface area contributed by atoms with E-state index in [0.717, 1.165) is 12.7 Å².